The monoisotopic (exact) mass is 312 g/mol. The van der Waals surface area contributed by atoms with Crippen molar-refractivity contribution in [1.29, 1.82) is 0 Å². The molecule has 0 spiro atoms. The number of fused-ring (bicyclic) bond motifs is 1. The summed E-state index contributed by atoms with van der Waals surface area (Å²) in [5.41, 5.74) is 1.79. The summed E-state index contributed by atoms with van der Waals surface area (Å²) in [5, 5.41) is 0.993. The zero-order valence-electron chi connectivity index (χ0n) is 9.45. The molecule has 0 atom stereocenters. The fourth-order valence-corrected chi connectivity index (χ4v) is 2.61. The van der Waals surface area contributed by atoms with Crippen LogP contribution >= 0.6 is 35.4 Å². The van der Waals surface area contributed by atoms with E-state index in [4.69, 9.17) is 35.4 Å². The number of halogens is 3. The average Bonchev–Trinajstić information content (AvgIpc) is 2.68. The summed E-state index contributed by atoms with van der Waals surface area (Å²) in [6.07, 6.45) is 0. The van der Waals surface area contributed by atoms with E-state index in [9.17, 15) is 4.39 Å². The Labute approximate surface area is 123 Å². The number of aromatic nitrogens is 2. The third-order valence-electron chi connectivity index (χ3n) is 2.79. The summed E-state index contributed by atoms with van der Waals surface area (Å²) in [6, 6.07) is 9.60. The molecule has 96 valence electrons. The fraction of sp³-hybridized carbons (Fsp3) is 0. The van der Waals surface area contributed by atoms with E-state index in [0.717, 1.165) is 5.52 Å². The molecule has 0 aliphatic heterocycles. The quantitative estimate of drug-likeness (QED) is 0.617. The molecule has 0 fully saturated rings. The van der Waals surface area contributed by atoms with Crippen LogP contribution in [0.3, 0.4) is 0 Å². The normalized spacial score (nSPS) is 11.1. The van der Waals surface area contributed by atoms with Crippen molar-refractivity contribution in [3.05, 3.63) is 57.0 Å². The number of H-pyrrole nitrogens is 1. The first-order chi connectivity index (χ1) is 9.06. The van der Waals surface area contributed by atoms with E-state index in [1.54, 1.807) is 22.8 Å². The summed E-state index contributed by atoms with van der Waals surface area (Å²) in [5.74, 6) is -0.402. The van der Waals surface area contributed by atoms with E-state index in [1.807, 2.05) is 0 Å². The van der Waals surface area contributed by atoms with Gasteiger partial charge in [0.25, 0.3) is 0 Å². The zero-order valence-corrected chi connectivity index (χ0v) is 11.8. The molecular weight excluding hydrogens is 306 g/mol. The van der Waals surface area contributed by atoms with Gasteiger partial charge in [0, 0.05) is 10.0 Å². The van der Waals surface area contributed by atoms with E-state index >= 15 is 0 Å². The highest BCUT2D eigenvalue weighted by molar-refractivity contribution is 7.71. The second-order valence-electron chi connectivity index (χ2n) is 4.02. The Kier molecular flexibility index (Phi) is 3.09. The lowest BCUT2D eigenvalue weighted by Gasteiger charge is -2.06. The smallest absolute Gasteiger partial charge is 0.182 e. The first kappa shape index (κ1) is 12.7. The van der Waals surface area contributed by atoms with Gasteiger partial charge in [-0.05, 0) is 48.6 Å². The van der Waals surface area contributed by atoms with E-state index in [1.165, 1.54) is 18.2 Å². The summed E-state index contributed by atoms with van der Waals surface area (Å²) in [4.78, 5) is 3.01. The van der Waals surface area contributed by atoms with Gasteiger partial charge in [0.1, 0.15) is 5.82 Å². The van der Waals surface area contributed by atoms with Crippen molar-refractivity contribution in [2.75, 3.05) is 0 Å². The van der Waals surface area contributed by atoms with Crippen molar-refractivity contribution < 1.29 is 4.39 Å². The van der Waals surface area contributed by atoms with E-state index < -0.39 is 5.82 Å². The maximum atomic E-state index is 14.0. The number of rotatable bonds is 1. The molecule has 1 aromatic heterocycles. The Balaban J connectivity index is 2.42. The predicted molar refractivity (Wildman–Crippen MR) is 78.4 cm³/mol. The fourth-order valence-electron chi connectivity index (χ4n) is 1.97. The third kappa shape index (κ3) is 2.16. The van der Waals surface area contributed by atoms with E-state index in [2.05, 4.69) is 4.98 Å². The Morgan fingerprint density at radius 1 is 1.05 bits per heavy atom. The zero-order chi connectivity index (χ0) is 13.6. The van der Waals surface area contributed by atoms with Gasteiger partial charge < -0.3 is 4.98 Å². The summed E-state index contributed by atoms with van der Waals surface area (Å²) in [6.45, 7) is 0. The van der Waals surface area contributed by atoms with Gasteiger partial charge in [0.05, 0.1) is 16.7 Å². The second kappa shape index (κ2) is 4.63. The van der Waals surface area contributed by atoms with Gasteiger partial charge in [-0.1, -0.05) is 23.2 Å². The van der Waals surface area contributed by atoms with Crippen LogP contribution in [0.4, 0.5) is 4.39 Å². The number of hydrogen-bond donors (Lipinski definition) is 1. The molecular formula is C13H7Cl2FN2S. The Hall–Kier alpha value is -1.36. The van der Waals surface area contributed by atoms with Crippen molar-refractivity contribution in [1.82, 2.24) is 9.55 Å². The van der Waals surface area contributed by atoms with Crippen LogP contribution < -0.4 is 0 Å². The number of nitrogens with one attached hydrogen (secondary N) is 1. The summed E-state index contributed by atoms with van der Waals surface area (Å²) < 4.78 is 15.9. The Morgan fingerprint density at radius 3 is 2.53 bits per heavy atom. The van der Waals surface area contributed by atoms with Crippen molar-refractivity contribution >= 4 is 46.5 Å². The molecule has 1 N–H and O–H groups in total. The number of aromatic amines is 1. The molecule has 2 nitrogen and oxygen atoms in total. The maximum absolute atomic E-state index is 14.0. The predicted octanol–water partition coefficient (Wildman–Crippen LogP) is 5.13. The van der Waals surface area contributed by atoms with Gasteiger partial charge in [-0.3, -0.25) is 4.57 Å². The van der Waals surface area contributed by atoms with Gasteiger partial charge in [-0.15, -0.1) is 0 Å². The minimum absolute atomic E-state index is 0.297. The number of imidazole rings is 1. The van der Waals surface area contributed by atoms with Gasteiger partial charge in [-0.25, -0.2) is 4.39 Å². The minimum Gasteiger partial charge on any atom is -0.330 e. The van der Waals surface area contributed by atoms with Crippen LogP contribution in [-0.4, -0.2) is 9.55 Å². The molecule has 0 radical (unpaired) electrons. The number of benzene rings is 2. The molecule has 3 aromatic rings. The highest BCUT2D eigenvalue weighted by atomic mass is 35.5. The van der Waals surface area contributed by atoms with E-state index in [0.29, 0.717) is 26.0 Å². The van der Waals surface area contributed by atoms with Gasteiger partial charge in [0.2, 0.25) is 0 Å². The Morgan fingerprint density at radius 2 is 1.74 bits per heavy atom. The van der Waals surface area contributed by atoms with Crippen LogP contribution in [-0.2, 0) is 0 Å². The van der Waals surface area contributed by atoms with Crippen LogP contribution in [0.5, 0.6) is 0 Å². The SMILES string of the molecule is Fc1ccc(Cl)cc1-n1c(=S)[nH]c2ccc(Cl)cc21. The molecule has 0 saturated heterocycles. The van der Waals surface area contributed by atoms with Crippen LogP contribution in [0, 0.1) is 10.6 Å². The van der Waals surface area contributed by atoms with Gasteiger partial charge in [0.15, 0.2) is 4.77 Å². The highest BCUT2D eigenvalue weighted by Crippen LogP contribution is 2.26. The van der Waals surface area contributed by atoms with Gasteiger partial charge in [-0.2, -0.15) is 0 Å². The molecule has 0 unspecified atom stereocenters. The van der Waals surface area contributed by atoms with Crippen molar-refractivity contribution in [3.63, 3.8) is 0 Å². The molecule has 0 amide bonds. The number of nitrogens with zero attached hydrogens (tertiary/aromatic N) is 1. The molecule has 19 heavy (non-hydrogen) atoms. The van der Waals surface area contributed by atoms with Crippen molar-refractivity contribution in [2.45, 2.75) is 0 Å². The van der Waals surface area contributed by atoms with E-state index in [-0.39, 0.29) is 0 Å². The number of hydrogen-bond acceptors (Lipinski definition) is 1. The van der Waals surface area contributed by atoms with Gasteiger partial charge >= 0.3 is 0 Å². The molecule has 0 aliphatic rings. The third-order valence-corrected chi connectivity index (χ3v) is 3.55. The first-order valence-corrected chi connectivity index (χ1v) is 6.58. The molecule has 1 heterocycles. The molecule has 0 saturated carbocycles. The molecule has 2 aromatic carbocycles. The highest BCUT2D eigenvalue weighted by Gasteiger charge is 2.11. The van der Waals surface area contributed by atoms with Crippen LogP contribution in [0.25, 0.3) is 16.7 Å². The lowest BCUT2D eigenvalue weighted by atomic mass is 10.2. The first-order valence-electron chi connectivity index (χ1n) is 5.42. The van der Waals surface area contributed by atoms with Crippen molar-refractivity contribution in [3.8, 4) is 5.69 Å². The molecule has 0 aliphatic carbocycles. The molecule has 6 heteroatoms. The lowest BCUT2D eigenvalue weighted by molar-refractivity contribution is 0.619. The largest absolute Gasteiger partial charge is 0.330 e. The lowest BCUT2D eigenvalue weighted by Crippen LogP contribution is -1.97. The summed E-state index contributed by atoms with van der Waals surface area (Å²) >= 11 is 17.1. The van der Waals surface area contributed by atoms with Crippen LogP contribution in [0.15, 0.2) is 36.4 Å². The standard InChI is InChI=1S/C13H7Cl2FN2S/c14-7-1-3-9(16)11(5-7)18-12-6-8(15)2-4-10(12)17-13(18)19/h1-6H,(H,17,19). The van der Waals surface area contributed by atoms with Crippen LogP contribution in [0.2, 0.25) is 10.0 Å². The second-order valence-corrected chi connectivity index (χ2v) is 5.28. The Bertz CT molecular complexity index is 838. The topological polar surface area (TPSA) is 20.7 Å². The minimum atomic E-state index is -0.402. The molecule has 3 rings (SSSR count). The van der Waals surface area contributed by atoms with Crippen molar-refractivity contribution in [2.24, 2.45) is 0 Å². The maximum Gasteiger partial charge on any atom is 0.182 e. The summed E-state index contributed by atoms with van der Waals surface area (Å²) in [7, 11) is 0. The average molecular weight is 313 g/mol. The van der Waals surface area contributed by atoms with Crippen LogP contribution in [0.1, 0.15) is 0 Å². The molecule has 0 bridgehead atoms.